The van der Waals surface area contributed by atoms with Gasteiger partial charge in [0, 0.05) is 6.42 Å². The van der Waals surface area contributed by atoms with Crippen molar-refractivity contribution in [3.8, 4) is 11.1 Å². The van der Waals surface area contributed by atoms with Crippen molar-refractivity contribution in [3.63, 3.8) is 0 Å². The van der Waals surface area contributed by atoms with E-state index < -0.39 is 0 Å². The molecule has 0 radical (unpaired) electrons. The number of hydrogen-bond acceptors (Lipinski definition) is 3. The molecule has 2 nitrogen and oxygen atoms in total. The maximum atomic E-state index is 12.3. The molecular formula is C19H20O2S. The highest BCUT2D eigenvalue weighted by molar-refractivity contribution is 7.13. The number of carbonyl (C=O) groups is 2. The standard InChI is InChI=1S/C19H20O2S/c20-17(11-14-7-3-1-4-8-14)19(21)18-12-16(13-22-18)15-9-5-2-6-10-15/h2,5-6,9-10,12-14H,1,3-4,7-8,11H2. The Morgan fingerprint density at radius 3 is 2.45 bits per heavy atom. The molecule has 0 N–H and O–H groups in total. The summed E-state index contributed by atoms with van der Waals surface area (Å²) in [6, 6.07) is 11.8. The van der Waals surface area contributed by atoms with Crippen LogP contribution in [0.1, 0.15) is 48.2 Å². The molecule has 1 aliphatic carbocycles. The van der Waals surface area contributed by atoms with Crippen molar-refractivity contribution in [1.29, 1.82) is 0 Å². The molecular weight excluding hydrogens is 292 g/mol. The Morgan fingerprint density at radius 1 is 1.00 bits per heavy atom. The van der Waals surface area contributed by atoms with Crippen molar-refractivity contribution in [1.82, 2.24) is 0 Å². The second-order valence-corrected chi connectivity index (χ2v) is 6.94. The highest BCUT2D eigenvalue weighted by Crippen LogP contribution is 2.29. The summed E-state index contributed by atoms with van der Waals surface area (Å²) in [7, 11) is 0. The van der Waals surface area contributed by atoms with Crippen molar-refractivity contribution in [2.45, 2.75) is 38.5 Å². The minimum Gasteiger partial charge on any atom is -0.290 e. The predicted octanol–water partition coefficient (Wildman–Crippen LogP) is 5.14. The molecule has 0 bridgehead atoms. The van der Waals surface area contributed by atoms with Crippen molar-refractivity contribution in [3.05, 3.63) is 46.7 Å². The van der Waals surface area contributed by atoms with Crippen molar-refractivity contribution in [2.75, 3.05) is 0 Å². The zero-order chi connectivity index (χ0) is 15.4. The first kappa shape index (κ1) is 15.2. The molecule has 1 aliphatic rings. The lowest BCUT2D eigenvalue weighted by Gasteiger charge is -2.20. The first-order valence-corrected chi connectivity index (χ1v) is 8.83. The smallest absolute Gasteiger partial charge is 0.238 e. The Morgan fingerprint density at radius 2 is 1.73 bits per heavy atom. The quantitative estimate of drug-likeness (QED) is 0.566. The van der Waals surface area contributed by atoms with Gasteiger partial charge >= 0.3 is 0 Å². The molecule has 0 spiro atoms. The van der Waals surface area contributed by atoms with Crippen LogP contribution in [0.4, 0.5) is 0 Å². The van der Waals surface area contributed by atoms with E-state index in [9.17, 15) is 9.59 Å². The van der Waals surface area contributed by atoms with Crippen molar-refractivity contribution >= 4 is 22.9 Å². The third kappa shape index (κ3) is 3.53. The molecule has 0 unspecified atom stereocenters. The lowest BCUT2D eigenvalue weighted by atomic mass is 9.85. The van der Waals surface area contributed by atoms with Crippen LogP contribution in [-0.4, -0.2) is 11.6 Å². The van der Waals surface area contributed by atoms with Gasteiger partial charge < -0.3 is 0 Å². The molecule has 1 aromatic carbocycles. The minimum atomic E-state index is -0.308. The van der Waals surface area contributed by atoms with E-state index >= 15 is 0 Å². The van der Waals surface area contributed by atoms with Crippen LogP contribution in [-0.2, 0) is 4.79 Å². The number of benzene rings is 1. The summed E-state index contributed by atoms with van der Waals surface area (Å²) in [5.41, 5.74) is 2.09. The SMILES string of the molecule is O=C(CC1CCCCC1)C(=O)c1cc(-c2ccccc2)cs1. The van der Waals surface area contributed by atoms with E-state index in [2.05, 4.69) is 0 Å². The van der Waals surface area contributed by atoms with Crippen LogP contribution in [0.25, 0.3) is 11.1 Å². The fraction of sp³-hybridized carbons (Fsp3) is 0.368. The van der Waals surface area contributed by atoms with E-state index in [0.29, 0.717) is 17.2 Å². The van der Waals surface area contributed by atoms with Crippen LogP contribution in [0.2, 0.25) is 0 Å². The van der Waals surface area contributed by atoms with E-state index in [-0.39, 0.29) is 11.6 Å². The third-order valence-corrected chi connectivity index (χ3v) is 5.31. The molecule has 3 heteroatoms. The fourth-order valence-electron chi connectivity index (χ4n) is 3.12. The zero-order valence-electron chi connectivity index (χ0n) is 12.6. The summed E-state index contributed by atoms with van der Waals surface area (Å²) in [4.78, 5) is 25.1. The largest absolute Gasteiger partial charge is 0.290 e. The predicted molar refractivity (Wildman–Crippen MR) is 90.3 cm³/mol. The first-order chi connectivity index (χ1) is 10.7. The lowest BCUT2D eigenvalue weighted by molar-refractivity contribution is -0.116. The monoisotopic (exact) mass is 312 g/mol. The van der Waals surface area contributed by atoms with Gasteiger partial charge in [-0.3, -0.25) is 9.59 Å². The Balaban J connectivity index is 1.67. The zero-order valence-corrected chi connectivity index (χ0v) is 13.4. The van der Waals surface area contributed by atoms with Gasteiger partial charge in [0.15, 0.2) is 0 Å². The van der Waals surface area contributed by atoms with E-state index in [0.717, 1.165) is 24.0 Å². The molecule has 22 heavy (non-hydrogen) atoms. The number of Topliss-reactive ketones (excluding diaryl/α,β-unsaturated/α-hetero) is 2. The summed E-state index contributed by atoms with van der Waals surface area (Å²) in [6.45, 7) is 0. The molecule has 114 valence electrons. The summed E-state index contributed by atoms with van der Waals surface area (Å²) in [5, 5.41) is 1.95. The summed E-state index contributed by atoms with van der Waals surface area (Å²) in [5.74, 6) is -0.107. The Labute approximate surface area is 135 Å². The normalized spacial score (nSPS) is 15.6. The maximum absolute atomic E-state index is 12.3. The van der Waals surface area contributed by atoms with Gasteiger partial charge in [0.1, 0.15) is 0 Å². The second kappa shape index (κ2) is 7.01. The van der Waals surface area contributed by atoms with Crippen LogP contribution < -0.4 is 0 Å². The average Bonchev–Trinajstić information content (AvgIpc) is 3.06. The van der Waals surface area contributed by atoms with Gasteiger partial charge in [-0.15, -0.1) is 11.3 Å². The first-order valence-electron chi connectivity index (χ1n) is 7.95. The highest BCUT2D eigenvalue weighted by Gasteiger charge is 2.23. The molecule has 3 rings (SSSR count). The van der Waals surface area contributed by atoms with E-state index in [4.69, 9.17) is 0 Å². The van der Waals surface area contributed by atoms with Gasteiger partial charge in [-0.25, -0.2) is 0 Å². The molecule has 1 aromatic heterocycles. The lowest BCUT2D eigenvalue weighted by Crippen LogP contribution is -2.18. The van der Waals surface area contributed by atoms with Crippen LogP contribution in [0.5, 0.6) is 0 Å². The molecule has 0 aliphatic heterocycles. The van der Waals surface area contributed by atoms with Gasteiger partial charge in [0.25, 0.3) is 0 Å². The van der Waals surface area contributed by atoms with Gasteiger partial charge in [-0.2, -0.15) is 0 Å². The Bertz CT molecular complexity index is 651. The number of rotatable bonds is 5. The van der Waals surface area contributed by atoms with Crippen LogP contribution in [0.3, 0.4) is 0 Å². The number of hydrogen-bond donors (Lipinski definition) is 0. The average molecular weight is 312 g/mol. The van der Waals surface area contributed by atoms with Crippen molar-refractivity contribution < 1.29 is 9.59 Å². The number of carbonyl (C=O) groups excluding carboxylic acids is 2. The van der Waals surface area contributed by atoms with Crippen molar-refractivity contribution in [2.24, 2.45) is 5.92 Å². The molecule has 0 saturated heterocycles. The molecule has 1 saturated carbocycles. The van der Waals surface area contributed by atoms with E-state index in [1.165, 1.54) is 30.6 Å². The third-order valence-electron chi connectivity index (χ3n) is 4.38. The summed E-state index contributed by atoms with van der Waals surface area (Å²) >= 11 is 1.37. The minimum absolute atomic E-state index is 0.214. The summed E-state index contributed by atoms with van der Waals surface area (Å²) in [6.07, 6.45) is 6.28. The molecule has 0 amide bonds. The maximum Gasteiger partial charge on any atom is 0.238 e. The number of thiophene rings is 1. The molecule has 2 aromatic rings. The number of ketones is 2. The molecule has 1 heterocycles. The fourth-order valence-corrected chi connectivity index (χ4v) is 3.99. The Kier molecular flexibility index (Phi) is 4.84. The van der Waals surface area contributed by atoms with Gasteiger partial charge in [0.2, 0.25) is 11.6 Å². The van der Waals surface area contributed by atoms with Gasteiger partial charge in [-0.1, -0.05) is 62.4 Å². The topological polar surface area (TPSA) is 34.1 Å². The second-order valence-electron chi connectivity index (χ2n) is 6.03. The van der Waals surface area contributed by atoms with Gasteiger partial charge in [0.05, 0.1) is 4.88 Å². The molecule has 1 fully saturated rings. The highest BCUT2D eigenvalue weighted by atomic mass is 32.1. The Hall–Kier alpha value is -1.74. The van der Waals surface area contributed by atoms with Gasteiger partial charge in [-0.05, 0) is 28.5 Å². The molecule has 0 atom stereocenters. The van der Waals surface area contributed by atoms with E-state index in [1.54, 1.807) is 0 Å². The van der Waals surface area contributed by atoms with Crippen LogP contribution >= 0.6 is 11.3 Å². The summed E-state index contributed by atoms with van der Waals surface area (Å²) < 4.78 is 0. The van der Waals surface area contributed by atoms with Crippen LogP contribution in [0, 0.1) is 5.92 Å². The van der Waals surface area contributed by atoms with E-state index in [1.807, 2.05) is 41.8 Å². The van der Waals surface area contributed by atoms with Crippen LogP contribution in [0.15, 0.2) is 41.8 Å².